The van der Waals surface area contributed by atoms with E-state index in [0.29, 0.717) is 32.7 Å². The van der Waals surface area contributed by atoms with Crippen LogP contribution >= 0.6 is 34.8 Å². The second-order valence-electron chi connectivity index (χ2n) is 4.74. The molecule has 2 aromatic rings. The Morgan fingerprint density at radius 1 is 1.05 bits per heavy atom. The van der Waals surface area contributed by atoms with Gasteiger partial charge in [0.1, 0.15) is 5.82 Å². The summed E-state index contributed by atoms with van der Waals surface area (Å²) in [5.74, 6) is -0.350. The van der Waals surface area contributed by atoms with Gasteiger partial charge < -0.3 is 5.32 Å². The molecule has 0 spiro atoms. The Labute approximate surface area is 139 Å². The zero-order chi connectivity index (χ0) is 15.4. The number of hydrogen-bond donors (Lipinski definition) is 1. The van der Waals surface area contributed by atoms with Gasteiger partial charge in [0.25, 0.3) is 0 Å². The van der Waals surface area contributed by atoms with Gasteiger partial charge in [-0.25, -0.2) is 4.39 Å². The first kappa shape index (κ1) is 16.6. The van der Waals surface area contributed by atoms with Crippen LogP contribution in [0.3, 0.4) is 0 Å². The van der Waals surface area contributed by atoms with Crippen LogP contribution in [0, 0.1) is 5.82 Å². The summed E-state index contributed by atoms with van der Waals surface area (Å²) in [6, 6.07) is 8.17. The molecule has 0 amide bonds. The summed E-state index contributed by atoms with van der Waals surface area (Å²) < 4.78 is 14.3. The number of benzene rings is 2. The molecule has 2 rings (SSSR count). The molecule has 0 aliphatic rings. The average molecular weight is 347 g/mol. The summed E-state index contributed by atoms with van der Waals surface area (Å²) in [6.07, 6.45) is 1.04. The van der Waals surface area contributed by atoms with Crippen molar-refractivity contribution in [3.8, 4) is 11.1 Å². The van der Waals surface area contributed by atoms with Crippen LogP contribution in [0.15, 0.2) is 30.3 Å². The van der Waals surface area contributed by atoms with Gasteiger partial charge in [-0.05, 0) is 36.7 Å². The van der Waals surface area contributed by atoms with E-state index in [4.69, 9.17) is 34.8 Å². The first-order chi connectivity index (χ1) is 10.0. The second kappa shape index (κ2) is 7.46. The Morgan fingerprint density at radius 2 is 1.71 bits per heavy atom. The smallest absolute Gasteiger partial charge is 0.131 e. The molecule has 0 saturated carbocycles. The highest BCUT2D eigenvalue weighted by molar-refractivity contribution is 6.41. The zero-order valence-electron chi connectivity index (χ0n) is 11.5. The Balaban J connectivity index is 2.33. The maximum atomic E-state index is 14.3. The molecule has 0 radical (unpaired) electrons. The van der Waals surface area contributed by atoms with E-state index >= 15 is 0 Å². The molecule has 0 atom stereocenters. The topological polar surface area (TPSA) is 12.0 Å². The van der Waals surface area contributed by atoms with Crippen molar-refractivity contribution in [2.75, 3.05) is 6.54 Å². The molecule has 0 fully saturated rings. The maximum absolute atomic E-state index is 14.3. The lowest BCUT2D eigenvalue weighted by Crippen LogP contribution is -2.13. The van der Waals surface area contributed by atoms with Gasteiger partial charge in [-0.1, -0.05) is 53.9 Å². The van der Waals surface area contributed by atoms with Crippen LogP contribution in [0.2, 0.25) is 15.1 Å². The molecule has 5 heteroatoms. The fraction of sp³-hybridized carbons (Fsp3) is 0.250. The molecule has 0 bridgehead atoms. The van der Waals surface area contributed by atoms with Crippen molar-refractivity contribution in [1.82, 2.24) is 5.32 Å². The lowest BCUT2D eigenvalue weighted by Gasteiger charge is -2.11. The molecular formula is C16H15Cl3FN. The Bertz CT molecular complexity index is 620. The predicted molar refractivity (Wildman–Crippen MR) is 88.9 cm³/mol. The minimum atomic E-state index is -0.350. The molecule has 21 heavy (non-hydrogen) atoms. The summed E-state index contributed by atoms with van der Waals surface area (Å²) in [4.78, 5) is 0. The van der Waals surface area contributed by atoms with Gasteiger partial charge in [-0.3, -0.25) is 0 Å². The molecule has 112 valence electrons. The van der Waals surface area contributed by atoms with Crippen molar-refractivity contribution < 1.29 is 4.39 Å². The van der Waals surface area contributed by atoms with Crippen molar-refractivity contribution in [3.63, 3.8) is 0 Å². The largest absolute Gasteiger partial charge is 0.313 e. The van der Waals surface area contributed by atoms with E-state index in [0.717, 1.165) is 18.5 Å². The highest BCUT2D eigenvalue weighted by Gasteiger charge is 2.14. The highest BCUT2D eigenvalue weighted by atomic mass is 35.5. The van der Waals surface area contributed by atoms with E-state index in [2.05, 4.69) is 12.2 Å². The summed E-state index contributed by atoms with van der Waals surface area (Å²) in [6.45, 7) is 3.62. The average Bonchev–Trinajstić information content (AvgIpc) is 2.40. The normalized spacial score (nSPS) is 10.9. The lowest BCUT2D eigenvalue weighted by molar-refractivity contribution is 0.622. The predicted octanol–water partition coefficient (Wildman–Crippen LogP) is 5.95. The molecule has 0 saturated heterocycles. The third-order valence-electron chi connectivity index (χ3n) is 3.07. The first-order valence-electron chi connectivity index (χ1n) is 6.67. The second-order valence-corrected chi connectivity index (χ2v) is 5.99. The van der Waals surface area contributed by atoms with Crippen LogP contribution < -0.4 is 5.32 Å². The van der Waals surface area contributed by atoms with Crippen LogP contribution in [0.25, 0.3) is 11.1 Å². The van der Waals surface area contributed by atoms with Crippen LogP contribution in [-0.4, -0.2) is 6.54 Å². The van der Waals surface area contributed by atoms with Crippen LogP contribution in [0.1, 0.15) is 18.9 Å². The van der Waals surface area contributed by atoms with Crippen LogP contribution in [0.5, 0.6) is 0 Å². The minimum absolute atomic E-state index is 0.336. The van der Waals surface area contributed by atoms with Gasteiger partial charge in [0.05, 0.1) is 10.0 Å². The van der Waals surface area contributed by atoms with Gasteiger partial charge in [-0.2, -0.15) is 0 Å². The van der Waals surface area contributed by atoms with Crippen molar-refractivity contribution in [2.24, 2.45) is 0 Å². The highest BCUT2D eigenvalue weighted by Crippen LogP contribution is 2.38. The first-order valence-corrected chi connectivity index (χ1v) is 7.80. The monoisotopic (exact) mass is 345 g/mol. The number of rotatable bonds is 5. The number of halogens is 4. The van der Waals surface area contributed by atoms with Crippen LogP contribution in [0.4, 0.5) is 4.39 Å². The summed E-state index contributed by atoms with van der Waals surface area (Å²) in [7, 11) is 0. The van der Waals surface area contributed by atoms with Gasteiger partial charge in [-0.15, -0.1) is 0 Å². The van der Waals surface area contributed by atoms with E-state index in [1.807, 2.05) is 6.07 Å². The van der Waals surface area contributed by atoms with E-state index in [1.54, 1.807) is 18.2 Å². The summed E-state index contributed by atoms with van der Waals surface area (Å²) >= 11 is 18.1. The van der Waals surface area contributed by atoms with Gasteiger partial charge in [0.2, 0.25) is 0 Å². The molecule has 0 aromatic heterocycles. The standard InChI is InChI=1S/C16H15Cl3FN/c1-2-5-21-9-10-3-4-12(15(20)6-10)16-13(18)7-11(17)8-14(16)19/h3-4,6-8,21H,2,5,9H2,1H3. The van der Waals surface area contributed by atoms with Crippen molar-refractivity contribution in [3.05, 3.63) is 56.8 Å². The molecular weight excluding hydrogens is 332 g/mol. The molecule has 0 heterocycles. The Morgan fingerprint density at radius 3 is 2.29 bits per heavy atom. The lowest BCUT2D eigenvalue weighted by atomic mass is 10.0. The summed E-state index contributed by atoms with van der Waals surface area (Å²) in [5.41, 5.74) is 1.72. The molecule has 0 aliphatic carbocycles. The van der Waals surface area contributed by atoms with E-state index in [-0.39, 0.29) is 5.82 Å². The van der Waals surface area contributed by atoms with Gasteiger partial charge in [0.15, 0.2) is 0 Å². The van der Waals surface area contributed by atoms with Crippen molar-refractivity contribution in [2.45, 2.75) is 19.9 Å². The molecule has 2 aromatic carbocycles. The van der Waals surface area contributed by atoms with Gasteiger partial charge >= 0.3 is 0 Å². The van der Waals surface area contributed by atoms with E-state index < -0.39 is 0 Å². The SMILES string of the molecule is CCCNCc1ccc(-c2c(Cl)cc(Cl)cc2Cl)c(F)c1. The van der Waals surface area contributed by atoms with E-state index in [9.17, 15) is 4.39 Å². The van der Waals surface area contributed by atoms with Gasteiger partial charge in [0, 0.05) is 22.7 Å². The molecule has 1 N–H and O–H groups in total. The summed E-state index contributed by atoms with van der Waals surface area (Å²) in [5, 5.41) is 4.33. The van der Waals surface area contributed by atoms with Crippen molar-refractivity contribution >= 4 is 34.8 Å². The third-order valence-corrected chi connectivity index (χ3v) is 3.88. The Hall–Kier alpha value is -0.800. The van der Waals surface area contributed by atoms with Crippen molar-refractivity contribution in [1.29, 1.82) is 0 Å². The molecule has 1 nitrogen and oxygen atoms in total. The molecule has 0 unspecified atom stereocenters. The van der Waals surface area contributed by atoms with E-state index in [1.165, 1.54) is 6.07 Å². The number of nitrogens with one attached hydrogen (secondary N) is 1. The quantitative estimate of drug-likeness (QED) is 0.659. The maximum Gasteiger partial charge on any atom is 0.131 e. The Kier molecular flexibility index (Phi) is 5.88. The van der Waals surface area contributed by atoms with Crippen LogP contribution in [-0.2, 0) is 6.54 Å². The number of hydrogen-bond acceptors (Lipinski definition) is 1. The third kappa shape index (κ3) is 4.10. The zero-order valence-corrected chi connectivity index (χ0v) is 13.8. The molecule has 0 aliphatic heterocycles. The fourth-order valence-electron chi connectivity index (χ4n) is 2.08. The fourth-order valence-corrected chi connectivity index (χ4v) is 3.10. The minimum Gasteiger partial charge on any atom is -0.313 e.